The van der Waals surface area contributed by atoms with Crippen molar-refractivity contribution in [1.82, 2.24) is 0 Å². The van der Waals surface area contributed by atoms with Crippen LogP contribution < -0.4 is 0 Å². The molecule has 0 amide bonds. The summed E-state index contributed by atoms with van der Waals surface area (Å²) in [5, 5.41) is 19.6. The number of benzene rings is 1. The van der Waals surface area contributed by atoms with Gasteiger partial charge in [0, 0.05) is 27.1 Å². The Bertz CT molecular complexity index is 466. The molecule has 0 unspecified atom stereocenters. The summed E-state index contributed by atoms with van der Waals surface area (Å²) in [6, 6.07) is 6.39. The van der Waals surface area contributed by atoms with Crippen LogP contribution in [0.2, 0.25) is 0 Å². The van der Waals surface area contributed by atoms with E-state index >= 15 is 0 Å². The van der Waals surface area contributed by atoms with Crippen molar-refractivity contribution < 1.29 is 24.5 Å². The van der Waals surface area contributed by atoms with Gasteiger partial charge in [0.25, 0.3) is 0 Å². The smallest absolute Gasteiger partial charge is 0.335 e. The molecule has 2 N–H and O–H groups in total. The van der Waals surface area contributed by atoms with Crippen molar-refractivity contribution in [3.05, 3.63) is 35.4 Å². The number of methoxy groups -OCH3 is 2. The van der Waals surface area contributed by atoms with Crippen molar-refractivity contribution in [3.8, 4) is 0 Å². The van der Waals surface area contributed by atoms with Crippen LogP contribution in [0, 0.1) is 0 Å². The zero-order valence-electron chi connectivity index (χ0n) is 13.8. The van der Waals surface area contributed by atoms with E-state index in [1.54, 1.807) is 26.4 Å². The molecule has 1 aromatic rings. The van der Waals surface area contributed by atoms with Crippen LogP contribution in [-0.2, 0) is 15.1 Å². The molecule has 0 aliphatic heterocycles. The van der Waals surface area contributed by atoms with Gasteiger partial charge in [-0.2, -0.15) is 0 Å². The third-order valence-corrected chi connectivity index (χ3v) is 4.25. The minimum Gasteiger partial charge on any atom is -0.478 e. The Morgan fingerprint density at radius 3 is 1.82 bits per heavy atom. The van der Waals surface area contributed by atoms with Gasteiger partial charge in [0.15, 0.2) is 5.79 Å². The van der Waals surface area contributed by atoms with Crippen molar-refractivity contribution in [2.24, 2.45) is 0 Å². The first kappa shape index (κ1) is 18.6. The molecule has 0 spiro atoms. The number of ether oxygens (including phenoxy) is 2. The summed E-state index contributed by atoms with van der Waals surface area (Å²) in [7, 11) is 3.21. The standard InChI is InChI=1S/C15H20O5.C2H6/c1-19-15(20-2)9-7-14(18,8-10-15)12-5-3-11(4-6-12)13(16)17;1-2/h3-6,18H,7-10H2,1-2H3,(H,16,17);1-2H3. The highest BCUT2D eigenvalue weighted by Gasteiger charge is 2.43. The normalized spacial score (nSPS) is 19.0. The average Bonchev–Trinajstić information content (AvgIpc) is 2.58. The van der Waals surface area contributed by atoms with Crippen LogP contribution in [0.3, 0.4) is 0 Å². The molecule has 22 heavy (non-hydrogen) atoms. The highest BCUT2D eigenvalue weighted by molar-refractivity contribution is 5.87. The van der Waals surface area contributed by atoms with Crippen molar-refractivity contribution >= 4 is 5.97 Å². The van der Waals surface area contributed by atoms with Gasteiger partial charge < -0.3 is 19.7 Å². The fourth-order valence-electron chi connectivity index (χ4n) is 2.75. The number of hydrogen-bond donors (Lipinski definition) is 2. The van der Waals surface area contributed by atoms with E-state index in [9.17, 15) is 9.90 Å². The van der Waals surface area contributed by atoms with Gasteiger partial charge in [-0.3, -0.25) is 0 Å². The molecule has 5 heteroatoms. The maximum atomic E-state index is 10.8. The monoisotopic (exact) mass is 310 g/mol. The largest absolute Gasteiger partial charge is 0.478 e. The molecular formula is C17H26O5. The maximum absolute atomic E-state index is 10.8. The van der Waals surface area contributed by atoms with Gasteiger partial charge in [-0.25, -0.2) is 4.79 Å². The first-order valence-corrected chi connectivity index (χ1v) is 7.61. The molecule has 0 heterocycles. The molecule has 0 aromatic heterocycles. The minimum absolute atomic E-state index is 0.219. The topological polar surface area (TPSA) is 76.0 Å². The number of aliphatic hydroxyl groups is 1. The second kappa shape index (κ2) is 7.72. The Kier molecular flexibility index (Phi) is 6.53. The summed E-state index contributed by atoms with van der Waals surface area (Å²) in [4.78, 5) is 10.8. The summed E-state index contributed by atoms with van der Waals surface area (Å²) in [6.07, 6.45) is 2.22. The summed E-state index contributed by atoms with van der Waals surface area (Å²) >= 11 is 0. The molecule has 0 radical (unpaired) electrons. The summed E-state index contributed by atoms with van der Waals surface area (Å²) in [5.41, 5.74) is 0.0111. The maximum Gasteiger partial charge on any atom is 0.335 e. The zero-order chi connectivity index (χ0) is 16.8. The lowest BCUT2D eigenvalue weighted by molar-refractivity contribution is -0.243. The number of carboxylic acids is 1. The lowest BCUT2D eigenvalue weighted by Crippen LogP contribution is -2.43. The fourth-order valence-corrected chi connectivity index (χ4v) is 2.75. The molecule has 1 aliphatic carbocycles. The second-order valence-electron chi connectivity index (χ2n) is 5.23. The summed E-state index contributed by atoms with van der Waals surface area (Å²) in [6.45, 7) is 4.00. The molecule has 1 aliphatic rings. The van der Waals surface area contributed by atoms with E-state index in [1.165, 1.54) is 12.1 Å². The Morgan fingerprint density at radius 2 is 1.45 bits per heavy atom. The van der Waals surface area contributed by atoms with Crippen LogP contribution in [0.5, 0.6) is 0 Å². The molecular weight excluding hydrogens is 284 g/mol. The first-order chi connectivity index (χ1) is 10.4. The van der Waals surface area contributed by atoms with Gasteiger partial charge in [-0.15, -0.1) is 0 Å². The molecule has 1 saturated carbocycles. The molecule has 124 valence electrons. The van der Waals surface area contributed by atoms with E-state index in [0.29, 0.717) is 25.7 Å². The van der Waals surface area contributed by atoms with Gasteiger partial charge in [0.05, 0.1) is 11.2 Å². The van der Waals surface area contributed by atoms with Crippen LogP contribution in [0.4, 0.5) is 0 Å². The lowest BCUT2D eigenvalue weighted by atomic mass is 9.77. The lowest BCUT2D eigenvalue weighted by Gasteiger charge is -2.42. The Morgan fingerprint density at radius 1 is 1.00 bits per heavy atom. The van der Waals surface area contributed by atoms with Crippen LogP contribution >= 0.6 is 0 Å². The predicted molar refractivity (Wildman–Crippen MR) is 83.9 cm³/mol. The Labute approximate surface area is 131 Å². The fraction of sp³-hybridized carbons (Fsp3) is 0.588. The number of rotatable bonds is 4. The Hall–Kier alpha value is -1.43. The van der Waals surface area contributed by atoms with Gasteiger partial charge in [0.2, 0.25) is 0 Å². The summed E-state index contributed by atoms with van der Waals surface area (Å²) < 4.78 is 10.8. The third-order valence-electron chi connectivity index (χ3n) is 4.25. The van der Waals surface area contributed by atoms with E-state index in [1.807, 2.05) is 13.8 Å². The van der Waals surface area contributed by atoms with Crippen molar-refractivity contribution in [2.75, 3.05) is 14.2 Å². The van der Waals surface area contributed by atoms with Crippen LogP contribution in [0.1, 0.15) is 55.5 Å². The van der Waals surface area contributed by atoms with E-state index in [0.717, 1.165) is 5.56 Å². The van der Waals surface area contributed by atoms with E-state index in [4.69, 9.17) is 14.6 Å². The van der Waals surface area contributed by atoms with Crippen LogP contribution in [-0.4, -0.2) is 36.2 Å². The van der Waals surface area contributed by atoms with Crippen molar-refractivity contribution in [2.45, 2.75) is 50.9 Å². The zero-order valence-corrected chi connectivity index (χ0v) is 13.8. The van der Waals surface area contributed by atoms with E-state index in [2.05, 4.69) is 0 Å². The number of carbonyl (C=O) groups is 1. The average molecular weight is 310 g/mol. The van der Waals surface area contributed by atoms with Gasteiger partial charge in [-0.05, 0) is 30.5 Å². The molecule has 0 saturated heterocycles. The number of aromatic carboxylic acids is 1. The highest BCUT2D eigenvalue weighted by Crippen LogP contribution is 2.42. The van der Waals surface area contributed by atoms with Gasteiger partial charge in [0.1, 0.15) is 0 Å². The van der Waals surface area contributed by atoms with Crippen molar-refractivity contribution in [3.63, 3.8) is 0 Å². The van der Waals surface area contributed by atoms with E-state index in [-0.39, 0.29) is 5.56 Å². The number of carboxylic acid groups (broad SMARTS) is 1. The predicted octanol–water partition coefficient (Wildman–Crippen LogP) is 3.16. The van der Waals surface area contributed by atoms with Crippen molar-refractivity contribution in [1.29, 1.82) is 0 Å². The SMILES string of the molecule is CC.COC1(OC)CCC(O)(c2ccc(C(=O)O)cc2)CC1. The van der Waals surface area contributed by atoms with Crippen LogP contribution in [0.15, 0.2) is 24.3 Å². The Balaban J connectivity index is 0.00000116. The third kappa shape index (κ3) is 3.85. The molecule has 5 nitrogen and oxygen atoms in total. The number of hydrogen-bond acceptors (Lipinski definition) is 4. The van der Waals surface area contributed by atoms with Gasteiger partial charge in [-0.1, -0.05) is 26.0 Å². The first-order valence-electron chi connectivity index (χ1n) is 7.61. The quantitative estimate of drug-likeness (QED) is 0.835. The van der Waals surface area contributed by atoms with Gasteiger partial charge >= 0.3 is 5.97 Å². The van der Waals surface area contributed by atoms with E-state index < -0.39 is 17.4 Å². The molecule has 0 atom stereocenters. The molecule has 2 rings (SSSR count). The molecule has 1 fully saturated rings. The minimum atomic E-state index is -0.968. The van der Waals surface area contributed by atoms with Crippen LogP contribution in [0.25, 0.3) is 0 Å². The molecule has 1 aromatic carbocycles. The highest BCUT2D eigenvalue weighted by atomic mass is 16.7. The second-order valence-corrected chi connectivity index (χ2v) is 5.23. The molecule has 0 bridgehead atoms. The summed E-state index contributed by atoms with van der Waals surface area (Å²) in [5.74, 6) is -1.59.